The predicted octanol–water partition coefficient (Wildman–Crippen LogP) is 5.55. The highest BCUT2D eigenvalue weighted by atomic mass is 79.9. The van der Waals surface area contributed by atoms with Crippen LogP contribution >= 0.6 is 39.1 Å². The molecule has 0 saturated carbocycles. The Morgan fingerprint density at radius 3 is 2.67 bits per heavy atom. The normalized spacial score (nSPS) is 10.6. The van der Waals surface area contributed by atoms with E-state index in [2.05, 4.69) is 26.6 Å². The summed E-state index contributed by atoms with van der Waals surface area (Å²) in [4.78, 5) is 11.8. The van der Waals surface area contributed by atoms with Crippen molar-refractivity contribution in [2.24, 2.45) is 0 Å². The molecule has 2 amide bonds. The van der Waals surface area contributed by atoms with Gasteiger partial charge in [0.25, 0.3) is 0 Å². The number of halogens is 3. The summed E-state index contributed by atoms with van der Waals surface area (Å²) < 4.78 is 0.946. The van der Waals surface area contributed by atoms with Gasteiger partial charge in [-0.05, 0) is 35.9 Å². The number of nitrogens with one attached hydrogen (secondary N) is 2. The first-order chi connectivity index (χ1) is 10.1. The van der Waals surface area contributed by atoms with Crippen LogP contribution in [0.2, 0.25) is 10.0 Å². The molecule has 0 aliphatic heterocycles. The number of carbonyl (C=O) groups is 1. The molecule has 21 heavy (non-hydrogen) atoms. The summed E-state index contributed by atoms with van der Waals surface area (Å²) in [5.41, 5.74) is 1.41. The van der Waals surface area contributed by atoms with Crippen LogP contribution in [-0.4, -0.2) is 6.03 Å². The van der Waals surface area contributed by atoms with Gasteiger partial charge in [0.05, 0.1) is 10.7 Å². The average molecular weight is 386 g/mol. The molecular weight excluding hydrogens is 375 g/mol. The van der Waals surface area contributed by atoms with Crippen molar-refractivity contribution in [2.45, 2.75) is 0 Å². The molecule has 3 nitrogen and oxygen atoms in total. The van der Waals surface area contributed by atoms with Crippen LogP contribution in [0.25, 0.3) is 6.08 Å². The standard InChI is InChI=1S/C15H11BrCl2N2O/c16-12-4-2-1-3-10(12)7-8-19-15(21)20-14-9-11(17)5-6-13(14)18/h1-9H,(H2,19,20,21)/b8-7+. The highest BCUT2D eigenvalue weighted by Crippen LogP contribution is 2.25. The molecule has 2 rings (SSSR count). The summed E-state index contributed by atoms with van der Waals surface area (Å²) in [7, 11) is 0. The maximum atomic E-state index is 11.8. The molecule has 108 valence electrons. The number of carbonyl (C=O) groups excluding carboxylic acids is 1. The Labute approximate surface area is 141 Å². The maximum absolute atomic E-state index is 11.8. The molecule has 2 N–H and O–H groups in total. The Balaban J connectivity index is 1.96. The number of hydrogen-bond acceptors (Lipinski definition) is 1. The van der Waals surface area contributed by atoms with E-state index in [0.717, 1.165) is 10.0 Å². The van der Waals surface area contributed by atoms with Gasteiger partial charge in [-0.25, -0.2) is 4.79 Å². The van der Waals surface area contributed by atoms with Gasteiger partial charge in [-0.15, -0.1) is 0 Å². The van der Waals surface area contributed by atoms with Crippen LogP contribution in [0.4, 0.5) is 10.5 Å². The van der Waals surface area contributed by atoms with Crippen LogP contribution in [-0.2, 0) is 0 Å². The first-order valence-corrected chi connectivity index (χ1v) is 7.55. The van der Waals surface area contributed by atoms with E-state index in [-0.39, 0.29) is 0 Å². The molecule has 0 atom stereocenters. The minimum Gasteiger partial charge on any atom is -0.314 e. The lowest BCUT2D eigenvalue weighted by Crippen LogP contribution is -2.23. The van der Waals surface area contributed by atoms with E-state index in [0.29, 0.717) is 15.7 Å². The van der Waals surface area contributed by atoms with Crippen LogP contribution in [0.1, 0.15) is 5.56 Å². The zero-order chi connectivity index (χ0) is 15.2. The minimum atomic E-state index is -0.400. The summed E-state index contributed by atoms with van der Waals surface area (Å²) >= 11 is 15.2. The molecule has 0 saturated heterocycles. The van der Waals surface area contributed by atoms with Crippen LogP contribution in [0.15, 0.2) is 53.1 Å². The van der Waals surface area contributed by atoms with E-state index in [4.69, 9.17) is 23.2 Å². The van der Waals surface area contributed by atoms with E-state index >= 15 is 0 Å². The summed E-state index contributed by atoms with van der Waals surface area (Å²) in [5.74, 6) is 0. The zero-order valence-electron chi connectivity index (χ0n) is 10.7. The molecule has 0 unspecified atom stereocenters. The quantitative estimate of drug-likeness (QED) is 0.714. The fourth-order valence-electron chi connectivity index (χ4n) is 1.57. The van der Waals surface area contributed by atoms with Crippen molar-refractivity contribution in [2.75, 3.05) is 5.32 Å². The van der Waals surface area contributed by atoms with Crippen molar-refractivity contribution >= 4 is 56.9 Å². The van der Waals surface area contributed by atoms with E-state index in [1.54, 1.807) is 30.5 Å². The first kappa shape index (κ1) is 15.9. The van der Waals surface area contributed by atoms with Gasteiger partial charge in [0.15, 0.2) is 0 Å². The molecule has 2 aromatic carbocycles. The van der Waals surface area contributed by atoms with Gasteiger partial charge < -0.3 is 10.6 Å². The van der Waals surface area contributed by atoms with E-state index in [1.165, 1.54) is 0 Å². The topological polar surface area (TPSA) is 41.1 Å². The summed E-state index contributed by atoms with van der Waals surface area (Å²) in [5, 5.41) is 6.14. The molecule has 0 aliphatic carbocycles. The third-order valence-electron chi connectivity index (χ3n) is 2.56. The molecule has 6 heteroatoms. The third-order valence-corrected chi connectivity index (χ3v) is 3.85. The zero-order valence-corrected chi connectivity index (χ0v) is 13.8. The number of anilines is 1. The Kier molecular flexibility index (Phi) is 5.67. The molecule has 0 radical (unpaired) electrons. The first-order valence-electron chi connectivity index (χ1n) is 6.00. The van der Waals surface area contributed by atoms with Gasteiger partial charge in [-0.1, -0.05) is 57.3 Å². The van der Waals surface area contributed by atoms with Crippen molar-refractivity contribution in [3.63, 3.8) is 0 Å². The molecule has 0 spiro atoms. The van der Waals surface area contributed by atoms with Gasteiger partial charge >= 0.3 is 6.03 Å². The lowest BCUT2D eigenvalue weighted by atomic mass is 10.2. The Morgan fingerprint density at radius 1 is 1.14 bits per heavy atom. The largest absolute Gasteiger partial charge is 0.323 e. The number of rotatable bonds is 3. The molecule has 0 aliphatic rings. The molecule has 0 aromatic heterocycles. The van der Waals surface area contributed by atoms with Crippen molar-refractivity contribution in [3.8, 4) is 0 Å². The van der Waals surface area contributed by atoms with Gasteiger partial charge in [-0.3, -0.25) is 0 Å². The molecule has 2 aromatic rings. The fraction of sp³-hybridized carbons (Fsp3) is 0. The smallest absolute Gasteiger partial charge is 0.314 e. The minimum absolute atomic E-state index is 0.400. The lowest BCUT2D eigenvalue weighted by Gasteiger charge is -2.07. The van der Waals surface area contributed by atoms with E-state index < -0.39 is 6.03 Å². The predicted molar refractivity (Wildman–Crippen MR) is 91.8 cm³/mol. The highest BCUT2D eigenvalue weighted by molar-refractivity contribution is 9.10. The number of urea groups is 1. The van der Waals surface area contributed by atoms with Crippen LogP contribution in [0.5, 0.6) is 0 Å². The number of benzene rings is 2. The SMILES string of the molecule is O=C(N/C=C/c1ccccc1Br)Nc1cc(Cl)ccc1Cl. The van der Waals surface area contributed by atoms with E-state index in [9.17, 15) is 4.79 Å². The second-order valence-corrected chi connectivity index (χ2v) is 5.78. The Hall–Kier alpha value is -1.49. The monoisotopic (exact) mass is 384 g/mol. The number of hydrogen-bond donors (Lipinski definition) is 2. The van der Waals surface area contributed by atoms with Crippen molar-refractivity contribution in [1.82, 2.24) is 5.32 Å². The lowest BCUT2D eigenvalue weighted by molar-refractivity contribution is 0.255. The molecule has 0 fully saturated rings. The van der Waals surface area contributed by atoms with E-state index in [1.807, 2.05) is 24.3 Å². The van der Waals surface area contributed by atoms with Gasteiger partial charge in [-0.2, -0.15) is 0 Å². The third kappa shape index (κ3) is 4.77. The molecule has 0 heterocycles. The Bertz CT molecular complexity index is 689. The van der Waals surface area contributed by atoms with Gasteiger partial charge in [0.2, 0.25) is 0 Å². The van der Waals surface area contributed by atoms with Crippen molar-refractivity contribution in [3.05, 3.63) is 68.7 Å². The number of amides is 2. The second kappa shape index (κ2) is 7.50. The Morgan fingerprint density at radius 2 is 1.90 bits per heavy atom. The summed E-state index contributed by atoms with van der Waals surface area (Å²) in [6, 6.07) is 12.1. The van der Waals surface area contributed by atoms with Crippen molar-refractivity contribution in [1.29, 1.82) is 0 Å². The maximum Gasteiger partial charge on any atom is 0.323 e. The van der Waals surface area contributed by atoms with Crippen LogP contribution < -0.4 is 10.6 Å². The summed E-state index contributed by atoms with van der Waals surface area (Å²) in [6.07, 6.45) is 3.33. The van der Waals surface area contributed by atoms with Crippen LogP contribution in [0.3, 0.4) is 0 Å². The molecular formula is C15H11BrCl2N2O. The average Bonchev–Trinajstić information content (AvgIpc) is 2.45. The molecule has 0 bridgehead atoms. The van der Waals surface area contributed by atoms with Gasteiger partial charge in [0, 0.05) is 15.7 Å². The summed E-state index contributed by atoms with van der Waals surface area (Å²) in [6.45, 7) is 0. The van der Waals surface area contributed by atoms with Crippen molar-refractivity contribution < 1.29 is 4.79 Å². The van der Waals surface area contributed by atoms with Crippen LogP contribution in [0, 0.1) is 0 Å². The second-order valence-electron chi connectivity index (χ2n) is 4.08. The highest BCUT2D eigenvalue weighted by Gasteiger charge is 2.04. The van der Waals surface area contributed by atoms with Gasteiger partial charge in [0.1, 0.15) is 0 Å². The fourth-order valence-corrected chi connectivity index (χ4v) is 2.32.